The van der Waals surface area contributed by atoms with Crippen LogP contribution in [0.2, 0.25) is 0 Å². The van der Waals surface area contributed by atoms with Gasteiger partial charge in [0.1, 0.15) is 5.75 Å². The lowest BCUT2D eigenvalue weighted by molar-refractivity contribution is -0.139. The number of nitrogens with one attached hydrogen (secondary N) is 2. The molecule has 3 rings (SSSR count). The molecule has 0 fully saturated rings. The molecule has 0 bridgehead atoms. The summed E-state index contributed by atoms with van der Waals surface area (Å²) in [5.41, 5.74) is 2.73. The van der Waals surface area contributed by atoms with Gasteiger partial charge < -0.3 is 15.2 Å². The Balaban J connectivity index is 1.62. The number of ether oxygens (including phenoxy) is 1. The van der Waals surface area contributed by atoms with E-state index in [1.807, 2.05) is 0 Å². The Hall–Kier alpha value is -2.83. The lowest BCUT2D eigenvalue weighted by Gasteiger charge is -2.22. The molecule has 1 aromatic carbocycles. The van der Waals surface area contributed by atoms with Gasteiger partial charge in [0, 0.05) is 17.3 Å². The van der Waals surface area contributed by atoms with Gasteiger partial charge in [-0.05, 0) is 43.0 Å². The first-order chi connectivity index (χ1) is 11.1. The summed E-state index contributed by atoms with van der Waals surface area (Å²) in [4.78, 5) is 22.9. The maximum absolute atomic E-state index is 12.3. The molecule has 1 atom stereocenters. The number of amides is 1. The average molecular weight is 315 g/mol. The lowest BCUT2D eigenvalue weighted by atomic mass is 9.93. The fourth-order valence-electron chi connectivity index (χ4n) is 2.68. The highest BCUT2D eigenvalue weighted by molar-refractivity contribution is 5.94. The molecule has 1 aliphatic carbocycles. The van der Waals surface area contributed by atoms with E-state index in [9.17, 15) is 9.59 Å². The monoisotopic (exact) mass is 315 g/mol. The predicted octanol–water partition coefficient (Wildman–Crippen LogP) is 1.16. The van der Waals surface area contributed by atoms with E-state index in [0.717, 1.165) is 30.5 Å². The fourth-order valence-corrected chi connectivity index (χ4v) is 2.68. The van der Waals surface area contributed by atoms with Gasteiger partial charge in [0.25, 0.3) is 5.91 Å². The minimum absolute atomic E-state index is 0.0659. The van der Waals surface area contributed by atoms with Crippen LogP contribution in [0.4, 0.5) is 0 Å². The quantitative estimate of drug-likeness (QED) is 0.768. The summed E-state index contributed by atoms with van der Waals surface area (Å²) in [6, 6.07) is 6.58. The number of aromatic nitrogens is 2. The summed E-state index contributed by atoms with van der Waals surface area (Å²) >= 11 is 0. The number of aromatic amines is 1. The molecule has 2 aromatic rings. The summed E-state index contributed by atoms with van der Waals surface area (Å²) in [6.45, 7) is -0.434. The van der Waals surface area contributed by atoms with Gasteiger partial charge in [-0.2, -0.15) is 5.10 Å². The Morgan fingerprint density at radius 3 is 3.13 bits per heavy atom. The molecular weight excluding hydrogens is 298 g/mol. The average Bonchev–Trinajstić information content (AvgIpc) is 3.01. The number of benzene rings is 1. The molecule has 1 aromatic heterocycles. The maximum atomic E-state index is 12.3. The molecule has 1 aliphatic rings. The molecule has 0 saturated heterocycles. The molecule has 7 heteroatoms. The van der Waals surface area contributed by atoms with Gasteiger partial charge in [-0.1, -0.05) is 6.07 Å². The van der Waals surface area contributed by atoms with Crippen LogP contribution in [0.3, 0.4) is 0 Å². The fraction of sp³-hybridized carbons (Fsp3) is 0.312. The number of hydrogen-bond acceptors (Lipinski definition) is 4. The number of hydrogen-bond donors (Lipinski definition) is 3. The number of fused-ring (bicyclic) bond motifs is 1. The van der Waals surface area contributed by atoms with Crippen LogP contribution >= 0.6 is 0 Å². The van der Waals surface area contributed by atoms with Crippen molar-refractivity contribution in [1.29, 1.82) is 0 Å². The zero-order chi connectivity index (χ0) is 16.2. The van der Waals surface area contributed by atoms with Gasteiger partial charge >= 0.3 is 5.97 Å². The highest BCUT2D eigenvalue weighted by Gasteiger charge is 2.22. The van der Waals surface area contributed by atoms with E-state index in [0.29, 0.717) is 11.3 Å². The van der Waals surface area contributed by atoms with Crippen molar-refractivity contribution in [3.8, 4) is 5.75 Å². The smallest absolute Gasteiger partial charge is 0.341 e. The summed E-state index contributed by atoms with van der Waals surface area (Å²) in [7, 11) is 0. The number of aliphatic carboxylic acids is 1. The number of aryl methyl sites for hydroxylation is 1. The number of carbonyl (C=O) groups is 2. The first kappa shape index (κ1) is 15.1. The van der Waals surface area contributed by atoms with Crippen molar-refractivity contribution in [3.05, 3.63) is 47.3 Å². The molecule has 0 aliphatic heterocycles. The van der Waals surface area contributed by atoms with Crippen LogP contribution < -0.4 is 10.1 Å². The van der Waals surface area contributed by atoms with E-state index in [-0.39, 0.29) is 11.9 Å². The summed E-state index contributed by atoms with van der Waals surface area (Å²) in [5.74, 6) is -0.887. The topological polar surface area (TPSA) is 104 Å². The first-order valence-corrected chi connectivity index (χ1v) is 7.38. The Morgan fingerprint density at radius 1 is 1.43 bits per heavy atom. The molecule has 1 amide bonds. The zero-order valence-electron chi connectivity index (χ0n) is 12.4. The van der Waals surface area contributed by atoms with Gasteiger partial charge in [0.05, 0.1) is 6.20 Å². The largest absolute Gasteiger partial charge is 0.482 e. The van der Waals surface area contributed by atoms with E-state index in [2.05, 4.69) is 15.5 Å². The molecule has 3 N–H and O–H groups in total. The van der Waals surface area contributed by atoms with E-state index in [1.54, 1.807) is 30.5 Å². The van der Waals surface area contributed by atoms with Crippen LogP contribution in [0.1, 0.15) is 28.0 Å². The minimum Gasteiger partial charge on any atom is -0.482 e. The number of nitrogens with zero attached hydrogens (tertiary/aromatic N) is 1. The van der Waals surface area contributed by atoms with Crippen LogP contribution in [0.15, 0.2) is 30.5 Å². The van der Waals surface area contributed by atoms with Crippen LogP contribution in [0.5, 0.6) is 5.75 Å². The number of carbonyl (C=O) groups excluding carboxylic acids is 1. The van der Waals surface area contributed by atoms with E-state index in [4.69, 9.17) is 9.84 Å². The molecular formula is C16H17N3O4. The standard InChI is InChI=1S/C16H17N3O4/c20-15(21)9-23-13-3-1-2-10(7-13)16(22)18-12-4-5-14-11(6-12)8-17-19-14/h1-3,7-8,12H,4-6,9H2,(H,17,19)(H,18,22)(H,20,21). The predicted molar refractivity (Wildman–Crippen MR) is 81.4 cm³/mol. The number of H-pyrrole nitrogens is 1. The van der Waals surface area contributed by atoms with Crippen molar-refractivity contribution < 1.29 is 19.4 Å². The second kappa shape index (κ2) is 6.51. The van der Waals surface area contributed by atoms with E-state index >= 15 is 0 Å². The minimum atomic E-state index is -1.06. The van der Waals surface area contributed by atoms with Crippen molar-refractivity contribution in [1.82, 2.24) is 15.5 Å². The maximum Gasteiger partial charge on any atom is 0.341 e. The van der Waals surface area contributed by atoms with Gasteiger partial charge in [0.15, 0.2) is 6.61 Å². The molecule has 0 spiro atoms. The van der Waals surface area contributed by atoms with Gasteiger partial charge in [-0.25, -0.2) is 4.79 Å². The number of carboxylic acids is 1. The summed E-state index contributed by atoms with van der Waals surface area (Å²) < 4.78 is 5.09. The van der Waals surface area contributed by atoms with Crippen molar-refractivity contribution in [3.63, 3.8) is 0 Å². The van der Waals surface area contributed by atoms with Crippen molar-refractivity contribution in [2.24, 2.45) is 0 Å². The van der Waals surface area contributed by atoms with E-state index < -0.39 is 12.6 Å². The Morgan fingerprint density at radius 2 is 2.30 bits per heavy atom. The molecule has 23 heavy (non-hydrogen) atoms. The third-order valence-corrected chi connectivity index (χ3v) is 3.81. The summed E-state index contributed by atoms with van der Waals surface area (Å²) in [5, 5.41) is 18.6. The lowest BCUT2D eigenvalue weighted by Crippen LogP contribution is -2.38. The molecule has 7 nitrogen and oxygen atoms in total. The Labute approximate surface area is 132 Å². The Kier molecular flexibility index (Phi) is 4.27. The third kappa shape index (κ3) is 3.68. The highest BCUT2D eigenvalue weighted by Crippen LogP contribution is 2.20. The third-order valence-electron chi connectivity index (χ3n) is 3.81. The van der Waals surface area contributed by atoms with Gasteiger partial charge in [0.2, 0.25) is 0 Å². The van der Waals surface area contributed by atoms with Crippen LogP contribution in [0, 0.1) is 0 Å². The summed E-state index contributed by atoms with van der Waals surface area (Å²) in [6.07, 6.45) is 4.28. The highest BCUT2D eigenvalue weighted by atomic mass is 16.5. The molecule has 0 radical (unpaired) electrons. The number of carboxylic acid groups (broad SMARTS) is 1. The first-order valence-electron chi connectivity index (χ1n) is 7.38. The zero-order valence-corrected chi connectivity index (χ0v) is 12.4. The molecule has 1 unspecified atom stereocenters. The van der Waals surface area contributed by atoms with Crippen LogP contribution in [0.25, 0.3) is 0 Å². The van der Waals surface area contributed by atoms with Gasteiger partial charge in [-0.15, -0.1) is 0 Å². The molecule has 120 valence electrons. The normalized spacial score (nSPS) is 16.4. The second-order valence-electron chi connectivity index (χ2n) is 5.50. The van der Waals surface area contributed by atoms with Crippen LogP contribution in [-0.2, 0) is 17.6 Å². The van der Waals surface area contributed by atoms with Crippen molar-refractivity contribution in [2.75, 3.05) is 6.61 Å². The van der Waals surface area contributed by atoms with Crippen molar-refractivity contribution in [2.45, 2.75) is 25.3 Å². The number of rotatable bonds is 5. The SMILES string of the molecule is O=C(O)COc1cccc(C(=O)NC2CCc3[nH]ncc3C2)c1. The molecule has 1 heterocycles. The second-order valence-corrected chi connectivity index (χ2v) is 5.50. The van der Waals surface area contributed by atoms with E-state index in [1.165, 1.54) is 0 Å². The van der Waals surface area contributed by atoms with Gasteiger partial charge in [-0.3, -0.25) is 9.89 Å². The Bertz CT molecular complexity index is 726. The van der Waals surface area contributed by atoms with Crippen LogP contribution in [-0.4, -0.2) is 39.8 Å². The molecule has 0 saturated carbocycles. The van der Waals surface area contributed by atoms with Crippen molar-refractivity contribution >= 4 is 11.9 Å².